The number of hydrogen-bond acceptors (Lipinski definition) is 3. The molecule has 0 unspecified atom stereocenters. The highest BCUT2D eigenvalue weighted by Crippen LogP contribution is 2.19. The molecule has 0 bridgehead atoms. The van der Waals surface area contributed by atoms with Gasteiger partial charge in [-0.2, -0.15) is 0 Å². The van der Waals surface area contributed by atoms with Crippen LogP contribution in [0.4, 0.5) is 0 Å². The first-order chi connectivity index (χ1) is 15.1. The number of amides is 2. The molecule has 3 aromatic carbocycles. The summed E-state index contributed by atoms with van der Waals surface area (Å²) in [5, 5.41) is 3.22. The normalized spacial score (nSPS) is 11.4. The predicted molar refractivity (Wildman–Crippen MR) is 122 cm³/mol. The summed E-state index contributed by atoms with van der Waals surface area (Å²) in [6, 6.07) is 25.5. The van der Waals surface area contributed by atoms with Gasteiger partial charge in [0.25, 0.3) is 5.91 Å². The molecule has 0 aliphatic heterocycles. The first-order valence-electron chi connectivity index (χ1n) is 10.0. The first kappa shape index (κ1) is 22.4. The minimum absolute atomic E-state index is 0.199. The zero-order valence-electron chi connectivity index (χ0n) is 17.3. The quantitative estimate of drug-likeness (QED) is 0.549. The summed E-state index contributed by atoms with van der Waals surface area (Å²) in [6.07, 6.45) is 0.399. The number of nitrogens with zero attached hydrogens (tertiary/aromatic N) is 1. The molecule has 6 heteroatoms. The van der Waals surface area contributed by atoms with Gasteiger partial charge in [-0.05, 0) is 29.3 Å². The van der Waals surface area contributed by atoms with Crippen molar-refractivity contribution in [2.45, 2.75) is 19.0 Å². The summed E-state index contributed by atoms with van der Waals surface area (Å²) in [5.74, 6) is -0.00990. The average Bonchev–Trinajstić information content (AvgIpc) is 2.80. The third kappa shape index (κ3) is 6.59. The molecule has 3 aromatic rings. The molecule has 0 heterocycles. The SMILES string of the molecule is CNC(=O)[C@H](Cc1ccccc1)N(Cc1ccccc1)C(=O)COc1cccc(Cl)c1. The van der Waals surface area contributed by atoms with Crippen molar-refractivity contribution < 1.29 is 14.3 Å². The van der Waals surface area contributed by atoms with E-state index in [2.05, 4.69) is 5.32 Å². The number of halogens is 1. The molecule has 1 atom stereocenters. The highest BCUT2D eigenvalue weighted by atomic mass is 35.5. The van der Waals surface area contributed by atoms with Gasteiger partial charge in [-0.3, -0.25) is 9.59 Å². The molecule has 0 spiro atoms. The molecule has 3 rings (SSSR count). The van der Waals surface area contributed by atoms with E-state index in [9.17, 15) is 9.59 Å². The summed E-state index contributed by atoms with van der Waals surface area (Å²) in [7, 11) is 1.58. The van der Waals surface area contributed by atoms with Crippen molar-refractivity contribution in [1.82, 2.24) is 10.2 Å². The lowest BCUT2D eigenvalue weighted by molar-refractivity contribution is -0.142. The van der Waals surface area contributed by atoms with Gasteiger partial charge in [-0.15, -0.1) is 0 Å². The lowest BCUT2D eigenvalue weighted by Gasteiger charge is -2.31. The summed E-state index contributed by atoms with van der Waals surface area (Å²) in [4.78, 5) is 27.6. The number of carbonyl (C=O) groups is 2. The molecule has 2 amide bonds. The summed E-state index contributed by atoms with van der Waals surface area (Å²) in [5.41, 5.74) is 1.90. The van der Waals surface area contributed by atoms with E-state index in [0.717, 1.165) is 11.1 Å². The first-order valence-corrected chi connectivity index (χ1v) is 10.4. The molecule has 0 aromatic heterocycles. The second-order valence-electron chi connectivity index (χ2n) is 7.07. The molecule has 0 radical (unpaired) electrons. The van der Waals surface area contributed by atoms with Crippen LogP contribution in [0.1, 0.15) is 11.1 Å². The molecular weight excluding hydrogens is 412 g/mol. The highest BCUT2D eigenvalue weighted by molar-refractivity contribution is 6.30. The van der Waals surface area contributed by atoms with Crippen molar-refractivity contribution in [2.24, 2.45) is 0 Å². The van der Waals surface area contributed by atoms with Crippen molar-refractivity contribution in [1.29, 1.82) is 0 Å². The van der Waals surface area contributed by atoms with Crippen molar-refractivity contribution in [3.8, 4) is 5.75 Å². The van der Waals surface area contributed by atoms with Crippen molar-refractivity contribution in [2.75, 3.05) is 13.7 Å². The van der Waals surface area contributed by atoms with Gasteiger partial charge >= 0.3 is 0 Å². The van der Waals surface area contributed by atoms with Crippen molar-refractivity contribution in [3.05, 3.63) is 101 Å². The van der Waals surface area contributed by atoms with Gasteiger partial charge in [0.15, 0.2) is 6.61 Å². The Balaban J connectivity index is 1.84. The van der Waals surface area contributed by atoms with Crippen molar-refractivity contribution >= 4 is 23.4 Å². The lowest BCUT2D eigenvalue weighted by Crippen LogP contribution is -2.51. The topological polar surface area (TPSA) is 58.6 Å². The van der Waals surface area contributed by atoms with Gasteiger partial charge in [0.05, 0.1) is 0 Å². The Hall–Kier alpha value is -3.31. The van der Waals surface area contributed by atoms with Gasteiger partial charge in [0.1, 0.15) is 11.8 Å². The Bertz CT molecular complexity index is 996. The fourth-order valence-corrected chi connectivity index (χ4v) is 3.47. The van der Waals surface area contributed by atoms with Gasteiger partial charge in [-0.1, -0.05) is 78.3 Å². The van der Waals surface area contributed by atoms with Gasteiger partial charge in [0.2, 0.25) is 5.91 Å². The molecule has 0 saturated heterocycles. The van der Waals surface area contributed by atoms with Crippen LogP contribution in [-0.2, 0) is 22.6 Å². The summed E-state index contributed by atoms with van der Waals surface area (Å²) < 4.78 is 5.67. The molecule has 0 saturated carbocycles. The molecule has 5 nitrogen and oxygen atoms in total. The van der Waals surface area contributed by atoms with Crippen LogP contribution < -0.4 is 10.1 Å². The second-order valence-corrected chi connectivity index (χ2v) is 7.51. The molecule has 1 N–H and O–H groups in total. The fourth-order valence-electron chi connectivity index (χ4n) is 3.29. The van der Waals surface area contributed by atoms with Crippen LogP contribution in [0, 0.1) is 0 Å². The Morgan fingerprint density at radius 3 is 2.19 bits per heavy atom. The molecule has 0 aliphatic rings. The number of nitrogens with one attached hydrogen (secondary N) is 1. The number of likely N-dealkylation sites (N-methyl/N-ethyl adjacent to an activating group) is 1. The third-order valence-electron chi connectivity index (χ3n) is 4.87. The Kier molecular flexibility index (Phi) is 8.07. The smallest absolute Gasteiger partial charge is 0.261 e. The average molecular weight is 437 g/mol. The second kappa shape index (κ2) is 11.2. The monoisotopic (exact) mass is 436 g/mol. The minimum atomic E-state index is -0.678. The zero-order valence-corrected chi connectivity index (χ0v) is 18.1. The van der Waals surface area contributed by atoms with Crippen LogP contribution in [0.5, 0.6) is 5.75 Å². The van der Waals surface area contributed by atoms with E-state index in [0.29, 0.717) is 23.7 Å². The van der Waals surface area contributed by atoms with E-state index in [4.69, 9.17) is 16.3 Å². The Morgan fingerprint density at radius 2 is 1.58 bits per heavy atom. The number of ether oxygens (including phenoxy) is 1. The van der Waals surface area contributed by atoms with Crippen LogP contribution in [0.15, 0.2) is 84.9 Å². The van der Waals surface area contributed by atoms with Gasteiger partial charge in [0, 0.05) is 25.0 Å². The molecule has 160 valence electrons. The van der Waals surface area contributed by atoms with E-state index >= 15 is 0 Å². The Morgan fingerprint density at radius 1 is 0.935 bits per heavy atom. The van der Waals surface area contributed by atoms with E-state index in [1.54, 1.807) is 36.2 Å². The number of hydrogen-bond donors (Lipinski definition) is 1. The van der Waals surface area contributed by atoms with E-state index in [1.165, 1.54) is 0 Å². The maximum absolute atomic E-state index is 13.2. The maximum Gasteiger partial charge on any atom is 0.261 e. The molecular formula is C25H25ClN2O3. The predicted octanol–water partition coefficient (Wildman–Crippen LogP) is 4.10. The summed E-state index contributed by atoms with van der Waals surface area (Å²) >= 11 is 6.00. The molecule has 0 aliphatic carbocycles. The molecule has 31 heavy (non-hydrogen) atoms. The van der Waals surface area contributed by atoms with Crippen LogP contribution in [0.2, 0.25) is 5.02 Å². The van der Waals surface area contributed by atoms with Crippen molar-refractivity contribution in [3.63, 3.8) is 0 Å². The maximum atomic E-state index is 13.2. The number of benzene rings is 3. The highest BCUT2D eigenvalue weighted by Gasteiger charge is 2.30. The van der Waals surface area contributed by atoms with E-state index in [1.807, 2.05) is 60.7 Å². The van der Waals surface area contributed by atoms with Crippen LogP contribution in [-0.4, -0.2) is 36.4 Å². The zero-order chi connectivity index (χ0) is 22.1. The Labute approximate surface area is 187 Å². The largest absolute Gasteiger partial charge is 0.484 e. The van der Waals surface area contributed by atoms with Gasteiger partial charge < -0.3 is 15.0 Å². The minimum Gasteiger partial charge on any atom is -0.484 e. The van der Waals surface area contributed by atoms with E-state index in [-0.39, 0.29) is 18.4 Å². The molecule has 0 fully saturated rings. The van der Waals surface area contributed by atoms with Crippen LogP contribution in [0.25, 0.3) is 0 Å². The van der Waals surface area contributed by atoms with Crippen LogP contribution in [0.3, 0.4) is 0 Å². The van der Waals surface area contributed by atoms with Gasteiger partial charge in [-0.25, -0.2) is 0 Å². The number of carbonyl (C=O) groups excluding carboxylic acids is 2. The third-order valence-corrected chi connectivity index (χ3v) is 5.11. The van der Waals surface area contributed by atoms with E-state index < -0.39 is 6.04 Å². The lowest BCUT2D eigenvalue weighted by atomic mass is 10.0. The standard InChI is InChI=1S/C25H25ClN2O3/c1-27-25(30)23(15-19-9-4-2-5-10-19)28(17-20-11-6-3-7-12-20)24(29)18-31-22-14-8-13-21(26)16-22/h2-14,16,23H,15,17-18H2,1H3,(H,27,30)/t23-/m0/s1. The number of rotatable bonds is 9. The fraction of sp³-hybridized carbons (Fsp3) is 0.200. The summed E-state index contributed by atoms with van der Waals surface area (Å²) in [6.45, 7) is 0.0962. The van der Waals surface area contributed by atoms with Crippen LogP contribution >= 0.6 is 11.6 Å².